The number of nitrogens with zero attached hydrogens (tertiary/aromatic N) is 4. The highest BCUT2D eigenvalue weighted by Crippen LogP contribution is 2.50. The van der Waals surface area contributed by atoms with Gasteiger partial charge in [-0.2, -0.15) is 5.10 Å². The number of carbonyl (C=O) groups is 2. The van der Waals surface area contributed by atoms with Crippen LogP contribution in [0, 0.1) is 25.7 Å². The zero-order chi connectivity index (χ0) is 22.6. The van der Waals surface area contributed by atoms with Crippen molar-refractivity contribution < 1.29 is 9.59 Å². The highest BCUT2D eigenvalue weighted by Gasteiger charge is 2.54. The fraction of sp³-hybridized carbons (Fsp3) is 0.391. The van der Waals surface area contributed by atoms with E-state index in [-0.39, 0.29) is 17.9 Å². The molecule has 2 fully saturated rings. The molecule has 3 aromatic rings. The van der Waals surface area contributed by atoms with Crippen molar-refractivity contribution in [3.8, 4) is 10.4 Å². The molecule has 2 aromatic heterocycles. The molecule has 1 aliphatic carbocycles. The predicted octanol–water partition coefficient (Wildman–Crippen LogP) is 2.63. The Kier molecular flexibility index (Phi) is 5.00. The van der Waals surface area contributed by atoms with E-state index in [0.717, 1.165) is 28.1 Å². The number of nitrogens with one attached hydrogen (secondary N) is 1. The van der Waals surface area contributed by atoms with E-state index in [1.165, 1.54) is 11.3 Å². The second-order valence-corrected chi connectivity index (χ2v) is 9.82. The van der Waals surface area contributed by atoms with Gasteiger partial charge in [0.05, 0.1) is 16.6 Å². The first-order valence-electron chi connectivity index (χ1n) is 10.7. The summed E-state index contributed by atoms with van der Waals surface area (Å²) in [5, 5.41) is 7.63. The maximum absolute atomic E-state index is 13.6. The van der Waals surface area contributed by atoms with Crippen LogP contribution in [0.5, 0.6) is 0 Å². The van der Waals surface area contributed by atoms with Crippen molar-refractivity contribution in [1.82, 2.24) is 25.0 Å². The van der Waals surface area contributed by atoms with Crippen LogP contribution in [0.15, 0.2) is 30.3 Å². The number of thiazole rings is 1. The first kappa shape index (κ1) is 20.7. The largest absolute Gasteiger partial charge is 0.375 e. The Morgan fingerprint density at radius 2 is 2.09 bits per heavy atom. The van der Waals surface area contributed by atoms with Crippen LogP contribution in [0.1, 0.15) is 38.7 Å². The number of likely N-dealkylation sites (tertiary alicyclic amines) is 1. The number of hydrogen-bond acceptors (Lipinski definition) is 6. The van der Waals surface area contributed by atoms with Crippen LogP contribution < -0.4 is 11.1 Å². The summed E-state index contributed by atoms with van der Waals surface area (Å²) in [5.74, 6) is 0.629. The van der Waals surface area contributed by atoms with Crippen molar-refractivity contribution in [2.75, 3.05) is 18.8 Å². The third kappa shape index (κ3) is 3.66. The summed E-state index contributed by atoms with van der Waals surface area (Å²) in [4.78, 5) is 33.3. The lowest BCUT2D eigenvalue weighted by Crippen LogP contribution is -2.46. The lowest BCUT2D eigenvalue weighted by Gasteiger charge is -2.27. The van der Waals surface area contributed by atoms with Crippen molar-refractivity contribution in [2.45, 2.75) is 26.3 Å². The Bertz CT molecular complexity index is 1220. The maximum atomic E-state index is 13.6. The topological polar surface area (TPSA) is 106 Å². The summed E-state index contributed by atoms with van der Waals surface area (Å²) in [7, 11) is 1.75. The molecule has 2 amide bonds. The minimum Gasteiger partial charge on any atom is -0.375 e. The molecule has 9 heteroatoms. The number of benzene rings is 1. The number of hydrogen-bond donors (Lipinski definition) is 2. The van der Waals surface area contributed by atoms with Gasteiger partial charge in [-0.15, -0.1) is 0 Å². The molecule has 0 radical (unpaired) electrons. The summed E-state index contributed by atoms with van der Waals surface area (Å²) < 4.78 is 1.58. The van der Waals surface area contributed by atoms with Gasteiger partial charge >= 0.3 is 0 Å². The van der Waals surface area contributed by atoms with E-state index in [4.69, 9.17) is 5.73 Å². The molecule has 1 aliphatic heterocycles. The number of fused-ring (bicyclic) bond motifs is 1. The molecule has 2 aliphatic rings. The normalized spacial score (nSPS) is 21.5. The van der Waals surface area contributed by atoms with Gasteiger partial charge in [-0.25, -0.2) is 4.98 Å². The third-order valence-electron chi connectivity index (χ3n) is 6.40. The molecule has 5 rings (SSSR count). The van der Waals surface area contributed by atoms with E-state index >= 15 is 0 Å². The second-order valence-electron chi connectivity index (χ2n) is 8.79. The SMILES string of the molecule is Cc1cccc(-c2sc(N)nc2C(=O)N2C[C@H]3C[C@H]3[C@H]2CNC(=O)c2cc(C)nn2C)c1. The molecule has 1 saturated heterocycles. The minimum atomic E-state index is -0.178. The lowest BCUT2D eigenvalue weighted by atomic mass is 10.1. The van der Waals surface area contributed by atoms with Crippen LogP contribution in [0.4, 0.5) is 5.13 Å². The van der Waals surface area contributed by atoms with Crippen LogP contribution >= 0.6 is 11.3 Å². The van der Waals surface area contributed by atoms with Crippen molar-refractivity contribution in [3.05, 3.63) is 53.0 Å². The monoisotopic (exact) mass is 450 g/mol. The van der Waals surface area contributed by atoms with Crippen molar-refractivity contribution in [1.29, 1.82) is 0 Å². The van der Waals surface area contributed by atoms with Gasteiger partial charge in [-0.05, 0) is 43.7 Å². The molecule has 3 N–H and O–H groups in total. The van der Waals surface area contributed by atoms with Gasteiger partial charge < -0.3 is 16.0 Å². The fourth-order valence-corrected chi connectivity index (χ4v) is 5.60. The number of nitrogens with two attached hydrogens (primary N) is 1. The van der Waals surface area contributed by atoms with Gasteiger partial charge in [0, 0.05) is 20.1 Å². The maximum Gasteiger partial charge on any atom is 0.274 e. The van der Waals surface area contributed by atoms with E-state index in [0.29, 0.717) is 41.4 Å². The number of anilines is 1. The molecule has 1 saturated carbocycles. The molecule has 1 aromatic carbocycles. The van der Waals surface area contributed by atoms with Gasteiger partial charge in [0.15, 0.2) is 5.13 Å². The average molecular weight is 451 g/mol. The first-order chi connectivity index (χ1) is 15.3. The van der Waals surface area contributed by atoms with Crippen LogP contribution in [0.3, 0.4) is 0 Å². The fourth-order valence-electron chi connectivity index (χ4n) is 4.78. The smallest absolute Gasteiger partial charge is 0.274 e. The number of piperidine rings is 1. The van der Waals surface area contributed by atoms with Crippen LogP contribution in [-0.2, 0) is 7.05 Å². The predicted molar refractivity (Wildman–Crippen MR) is 123 cm³/mol. The van der Waals surface area contributed by atoms with Crippen molar-refractivity contribution in [3.63, 3.8) is 0 Å². The molecular weight excluding hydrogens is 424 g/mol. The molecule has 0 spiro atoms. The minimum absolute atomic E-state index is 0.0425. The summed E-state index contributed by atoms with van der Waals surface area (Å²) >= 11 is 1.34. The summed E-state index contributed by atoms with van der Waals surface area (Å²) in [6, 6.07) is 9.73. The Hall–Kier alpha value is -3.20. The zero-order valence-electron chi connectivity index (χ0n) is 18.3. The van der Waals surface area contributed by atoms with Gasteiger partial charge in [0.1, 0.15) is 11.4 Å². The van der Waals surface area contributed by atoms with E-state index in [1.54, 1.807) is 17.8 Å². The summed E-state index contributed by atoms with van der Waals surface area (Å²) in [6.45, 7) is 4.98. The van der Waals surface area contributed by atoms with E-state index in [9.17, 15) is 9.59 Å². The van der Waals surface area contributed by atoms with Crippen LogP contribution in [0.2, 0.25) is 0 Å². The Labute approximate surface area is 190 Å². The molecule has 166 valence electrons. The van der Waals surface area contributed by atoms with Gasteiger partial charge in [-0.1, -0.05) is 41.2 Å². The summed E-state index contributed by atoms with van der Waals surface area (Å²) in [6.07, 6.45) is 1.10. The van der Waals surface area contributed by atoms with Gasteiger partial charge in [-0.3, -0.25) is 14.3 Å². The van der Waals surface area contributed by atoms with E-state index < -0.39 is 0 Å². The second kappa shape index (κ2) is 7.74. The number of amides is 2. The molecule has 3 atom stereocenters. The number of nitrogen functional groups attached to an aromatic ring is 1. The molecule has 3 heterocycles. The molecule has 32 heavy (non-hydrogen) atoms. The Morgan fingerprint density at radius 3 is 2.81 bits per heavy atom. The highest BCUT2D eigenvalue weighted by molar-refractivity contribution is 7.19. The number of aryl methyl sites for hydroxylation is 3. The quantitative estimate of drug-likeness (QED) is 0.622. The highest BCUT2D eigenvalue weighted by atomic mass is 32.1. The molecule has 8 nitrogen and oxygen atoms in total. The first-order valence-corrected chi connectivity index (χ1v) is 11.6. The third-order valence-corrected chi connectivity index (χ3v) is 7.33. The van der Waals surface area contributed by atoms with Crippen LogP contribution in [0.25, 0.3) is 10.4 Å². The standard InChI is InChI=1S/C23H26N6O2S/c1-12-5-4-6-14(7-12)20-19(26-23(24)32-20)22(31)29-11-15-9-16(15)18(29)10-25-21(30)17-8-13(2)27-28(17)3/h4-8,15-16,18H,9-11H2,1-3H3,(H2,24,26)(H,25,30)/t15-,16-,18-/m1/s1. The van der Waals surface area contributed by atoms with Crippen molar-refractivity contribution in [2.24, 2.45) is 18.9 Å². The van der Waals surface area contributed by atoms with Crippen LogP contribution in [-0.4, -0.2) is 50.6 Å². The van der Waals surface area contributed by atoms with E-state index in [1.807, 2.05) is 43.0 Å². The Morgan fingerprint density at radius 1 is 1.28 bits per heavy atom. The molecule has 0 unspecified atom stereocenters. The zero-order valence-corrected chi connectivity index (χ0v) is 19.1. The molecular formula is C23H26N6O2S. The summed E-state index contributed by atoms with van der Waals surface area (Å²) in [5.41, 5.74) is 9.78. The van der Waals surface area contributed by atoms with E-state index in [2.05, 4.69) is 15.4 Å². The van der Waals surface area contributed by atoms with Crippen molar-refractivity contribution >= 4 is 28.3 Å². The number of aromatic nitrogens is 3. The Balaban J connectivity index is 1.36. The number of rotatable bonds is 5. The van der Waals surface area contributed by atoms with Gasteiger partial charge in [0.2, 0.25) is 0 Å². The molecule has 0 bridgehead atoms. The average Bonchev–Trinajstić information content (AvgIpc) is 3.07. The lowest BCUT2D eigenvalue weighted by molar-refractivity contribution is 0.0690. The van der Waals surface area contributed by atoms with Gasteiger partial charge in [0.25, 0.3) is 11.8 Å². The number of carbonyl (C=O) groups excluding carboxylic acids is 2.